The number of ketones is 1. The fraction of sp³-hybridized carbons (Fsp3) is 0.409. The number of rotatable bonds is 10. The second kappa shape index (κ2) is 17.6. The number of aliphatic hydroxyl groups is 1. The van der Waals surface area contributed by atoms with Crippen LogP contribution in [0, 0.1) is 24.8 Å². The van der Waals surface area contributed by atoms with Gasteiger partial charge in [0.25, 0.3) is 0 Å². The number of aliphatic hydroxyl groups excluding tert-OH is 1. The van der Waals surface area contributed by atoms with Crippen LogP contribution in [0.5, 0.6) is 0 Å². The molecule has 6 heteroatoms. The summed E-state index contributed by atoms with van der Waals surface area (Å²) in [5.74, 6) is 0.547. The largest absolute Gasteiger partial charge is 0.512 e. The van der Waals surface area contributed by atoms with Crippen LogP contribution in [0.15, 0.2) is 78.7 Å². The Bertz CT molecular complexity index is 2030. The summed E-state index contributed by atoms with van der Waals surface area (Å²) in [7, 11) is -1.46. The SMILES string of the molecule is CCC(CC)C(=O)/C=C(\O)C(CC)CC.[2H]C([2H])([2H])c1c(-c2ccc([Si](C)(C)C)cc2)sc2c(-c3[c-]c4ccccc4c(C(C)(C)C)c3)nccc12.[Ir]. The maximum atomic E-state index is 11.7. The summed E-state index contributed by atoms with van der Waals surface area (Å²) >= 11 is 1.53. The number of nitrogens with zero attached hydrogens (tertiary/aromatic N) is 1. The second-order valence-electron chi connectivity index (χ2n) is 15.1. The van der Waals surface area contributed by atoms with Crippen molar-refractivity contribution in [2.45, 2.75) is 106 Å². The van der Waals surface area contributed by atoms with E-state index in [9.17, 15) is 9.90 Å². The Balaban J connectivity index is 0.000000403. The predicted octanol–water partition coefficient (Wildman–Crippen LogP) is 12.6. The first-order chi connectivity index (χ1) is 24.3. The molecular weight excluding hydrogens is 827 g/mol. The van der Waals surface area contributed by atoms with E-state index in [0.29, 0.717) is 5.56 Å². The summed E-state index contributed by atoms with van der Waals surface area (Å²) in [5, 5.41) is 14.1. The maximum Gasteiger partial charge on any atom is 0.162 e. The molecule has 0 saturated heterocycles. The molecule has 0 atom stereocenters. The molecule has 0 bridgehead atoms. The fourth-order valence-electron chi connectivity index (χ4n) is 6.30. The summed E-state index contributed by atoms with van der Waals surface area (Å²) in [6, 6.07) is 24.4. The molecule has 2 heterocycles. The molecule has 5 rings (SSSR count). The van der Waals surface area contributed by atoms with E-state index < -0.39 is 14.9 Å². The Kier molecular flexibility index (Phi) is 12.9. The average Bonchev–Trinajstić information content (AvgIpc) is 3.49. The van der Waals surface area contributed by atoms with Crippen LogP contribution in [-0.4, -0.2) is 23.9 Å². The van der Waals surface area contributed by atoms with Gasteiger partial charge in [0, 0.05) is 63.6 Å². The standard InChI is InChI=1S/C31H32NSSi.C13H24O2.Ir/c1-20-25-16-17-32-28(23-18-22-10-8-9-11-26(22)27(19-23)31(2,3)4)30(25)33-29(20)21-12-14-24(15-13-21)34(5,6)7;1-5-10(6-2)12(14)9-13(15)11(7-3)8-4;/h8-17,19H,1-7H3;9-11,14H,5-8H2,1-4H3;/q-1;;/b;12-9-;/i1D3;;. The van der Waals surface area contributed by atoms with Gasteiger partial charge in [0.1, 0.15) is 0 Å². The van der Waals surface area contributed by atoms with Crippen LogP contribution in [0.1, 0.15) is 89.4 Å². The molecule has 0 amide bonds. The van der Waals surface area contributed by atoms with E-state index in [2.05, 4.69) is 95.0 Å². The van der Waals surface area contributed by atoms with Gasteiger partial charge in [0.2, 0.25) is 0 Å². The van der Waals surface area contributed by atoms with E-state index in [4.69, 9.17) is 9.10 Å². The van der Waals surface area contributed by atoms with E-state index in [1.54, 1.807) is 6.20 Å². The molecule has 0 aliphatic rings. The number of carbonyl (C=O) groups excluding carboxylic acids is 1. The summed E-state index contributed by atoms with van der Waals surface area (Å²) in [6.45, 7) is 19.4. The number of allylic oxidation sites excluding steroid dienone is 2. The molecule has 0 saturated carbocycles. The Morgan fingerprint density at radius 2 is 1.56 bits per heavy atom. The number of carbonyl (C=O) groups is 1. The quantitative estimate of drug-likeness (QED) is 0.0658. The number of aryl methyl sites for hydroxylation is 1. The van der Waals surface area contributed by atoms with Gasteiger partial charge in [0.15, 0.2) is 5.78 Å². The van der Waals surface area contributed by atoms with Crippen molar-refractivity contribution in [3.8, 4) is 21.7 Å². The third-order valence-electron chi connectivity index (χ3n) is 9.54. The molecule has 0 spiro atoms. The zero-order valence-electron chi connectivity index (χ0n) is 34.5. The Hall–Kier alpha value is -2.89. The van der Waals surface area contributed by atoms with Crippen LogP contribution in [0.4, 0.5) is 0 Å². The van der Waals surface area contributed by atoms with Crippen LogP contribution >= 0.6 is 11.3 Å². The third-order valence-corrected chi connectivity index (χ3v) is 12.9. The molecule has 5 aromatic rings. The normalized spacial score (nSPS) is 13.4. The van der Waals surface area contributed by atoms with E-state index in [1.807, 2.05) is 39.8 Å². The van der Waals surface area contributed by atoms with Gasteiger partial charge in [-0.2, -0.15) is 0 Å². The van der Waals surface area contributed by atoms with Gasteiger partial charge >= 0.3 is 0 Å². The number of hydrogen-bond donors (Lipinski definition) is 1. The minimum absolute atomic E-state index is 0. The first-order valence-electron chi connectivity index (χ1n) is 19.3. The molecule has 1 radical (unpaired) electrons. The zero-order chi connectivity index (χ0) is 38.6. The maximum absolute atomic E-state index is 11.7. The minimum Gasteiger partial charge on any atom is -0.512 e. The van der Waals surface area contributed by atoms with Gasteiger partial charge in [-0.1, -0.05) is 127 Å². The Labute approximate surface area is 324 Å². The first kappa shape index (κ1) is 36.9. The van der Waals surface area contributed by atoms with Gasteiger partial charge < -0.3 is 5.11 Å². The van der Waals surface area contributed by atoms with E-state index >= 15 is 0 Å². The summed E-state index contributed by atoms with van der Waals surface area (Å²) < 4.78 is 26.2. The van der Waals surface area contributed by atoms with Crippen molar-refractivity contribution in [3.05, 3.63) is 95.9 Å². The van der Waals surface area contributed by atoms with Gasteiger partial charge in [-0.05, 0) is 60.5 Å². The molecule has 1 N–H and O–H groups in total. The number of thiophene rings is 1. The van der Waals surface area contributed by atoms with Crippen molar-refractivity contribution >= 4 is 51.2 Å². The number of aromatic nitrogens is 1. The van der Waals surface area contributed by atoms with Crippen molar-refractivity contribution < 1.29 is 34.1 Å². The Morgan fingerprint density at radius 3 is 2.12 bits per heavy atom. The van der Waals surface area contributed by atoms with Crippen molar-refractivity contribution in [1.29, 1.82) is 0 Å². The molecule has 3 aromatic carbocycles. The van der Waals surface area contributed by atoms with Gasteiger partial charge in [0.05, 0.1) is 13.8 Å². The number of benzene rings is 3. The van der Waals surface area contributed by atoms with Crippen molar-refractivity contribution in [1.82, 2.24) is 4.98 Å². The molecule has 0 fully saturated rings. The minimum atomic E-state index is -2.24. The van der Waals surface area contributed by atoms with E-state index in [1.165, 1.54) is 33.5 Å². The molecule has 50 heavy (non-hydrogen) atoms. The van der Waals surface area contributed by atoms with Crippen LogP contribution in [0.3, 0.4) is 0 Å². The molecule has 2 aromatic heterocycles. The first-order valence-corrected chi connectivity index (χ1v) is 22.1. The van der Waals surface area contributed by atoms with Gasteiger partial charge in [-0.25, -0.2) is 0 Å². The Morgan fingerprint density at radius 1 is 0.940 bits per heavy atom. The molecule has 0 aliphatic heterocycles. The monoisotopic (exact) mass is 886 g/mol. The number of fused-ring (bicyclic) bond motifs is 2. The zero-order valence-corrected chi connectivity index (χ0v) is 35.7. The smallest absolute Gasteiger partial charge is 0.162 e. The molecule has 0 unspecified atom stereocenters. The van der Waals surface area contributed by atoms with E-state index in [-0.39, 0.29) is 48.9 Å². The van der Waals surface area contributed by atoms with Crippen LogP contribution in [0.25, 0.3) is 42.6 Å². The molecule has 269 valence electrons. The number of hydrogen-bond acceptors (Lipinski definition) is 4. The van der Waals surface area contributed by atoms with Crippen molar-refractivity contribution in [2.24, 2.45) is 11.8 Å². The number of pyridine rings is 1. The van der Waals surface area contributed by atoms with Crippen LogP contribution in [0.2, 0.25) is 19.6 Å². The summed E-state index contributed by atoms with van der Waals surface area (Å²) in [4.78, 5) is 17.3. The molecular formula is C44H56IrNO2SSi-. The summed E-state index contributed by atoms with van der Waals surface area (Å²) in [6.07, 6.45) is 6.64. The average molecular weight is 886 g/mol. The van der Waals surface area contributed by atoms with Gasteiger partial charge in [-0.3, -0.25) is 9.78 Å². The summed E-state index contributed by atoms with van der Waals surface area (Å²) in [5.41, 5.74) is 4.19. The topological polar surface area (TPSA) is 50.2 Å². The van der Waals surface area contributed by atoms with Gasteiger partial charge in [-0.15, -0.1) is 40.5 Å². The van der Waals surface area contributed by atoms with Crippen LogP contribution in [-0.2, 0) is 30.3 Å². The van der Waals surface area contributed by atoms with Crippen LogP contribution < -0.4 is 5.19 Å². The van der Waals surface area contributed by atoms with E-state index in [0.717, 1.165) is 62.9 Å². The second-order valence-corrected chi connectivity index (χ2v) is 21.2. The predicted molar refractivity (Wildman–Crippen MR) is 217 cm³/mol. The van der Waals surface area contributed by atoms with Crippen molar-refractivity contribution in [3.63, 3.8) is 0 Å². The molecule has 0 aliphatic carbocycles. The molecule has 3 nitrogen and oxygen atoms in total. The van der Waals surface area contributed by atoms with Crippen molar-refractivity contribution in [2.75, 3.05) is 0 Å². The third kappa shape index (κ3) is 9.50. The fourth-order valence-corrected chi connectivity index (χ4v) is 8.67.